The largest absolute Gasteiger partial charge is 0.371 e. The minimum absolute atomic E-state index is 0.704. The summed E-state index contributed by atoms with van der Waals surface area (Å²) in [6, 6.07) is 5.74. The second kappa shape index (κ2) is 7.54. The Morgan fingerprint density at radius 2 is 2.00 bits per heavy atom. The zero-order valence-corrected chi connectivity index (χ0v) is 12.9. The number of halogens is 1. The van der Waals surface area contributed by atoms with E-state index in [1.54, 1.807) is 0 Å². The van der Waals surface area contributed by atoms with E-state index >= 15 is 0 Å². The Bertz CT molecular complexity index is 393. The third-order valence-corrected chi connectivity index (χ3v) is 3.50. The Morgan fingerprint density at radius 1 is 1.28 bits per heavy atom. The summed E-state index contributed by atoms with van der Waals surface area (Å²) in [4.78, 5) is 15.2. The van der Waals surface area contributed by atoms with E-state index in [0.717, 1.165) is 42.5 Å². The van der Waals surface area contributed by atoms with Crippen LogP contribution in [0.4, 0.5) is 5.69 Å². The van der Waals surface area contributed by atoms with E-state index in [0.29, 0.717) is 5.56 Å². The smallest absolute Gasteiger partial charge is 0.150 e. The number of rotatable bonds is 7. The normalized spacial score (nSPS) is 10.7. The van der Waals surface area contributed by atoms with Crippen molar-refractivity contribution < 1.29 is 4.79 Å². The molecule has 3 nitrogen and oxygen atoms in total. The molecule has 0 aliphatic rings. The molecule has 0 N–H and O–H groups in total. The Morgan fingerprint density at radius 3 is 2.50 bits per heavy atom. The molecule has 4 heteroatoms. The Labute approximate surface area is 118 Å². The highest BCUT2D eigenvalue weighted by molar-refractivity contribution is 9.10. The van der Waals surface area contributed by atoms with Gasteiger partial charge >= 0.3 is 0 Å². The Kier molecular flexibility index (Phi) is 6.36. The molecule has 0 fully saturated rings. The van der Waals surface area contributed by atoms with Crippen molar-refractivity contribution in [3.05, 3.63) is 28.2 Å². The van der Waals surface area contributed by atoms with Crippen LogP contribution in [-0.4, -0.2) is 44.9 Å². The number of carbonyl (C=O) groups excluding carboxylic acids is 1. The molecule has 0 saturated heterocycles. The first-order valence-corrected chi connectivity index (χ1v) is 7.02. The lowest BCUT2D eigenvalue weighted by Gasteiger charge is -2.25. The van der Waals surface area contributed by atoms with E-state index in [2.05, 4.69) is 46.7 Å². The maximum atomic E-state index is 10.7. The van der Waals surface area contributed by atoms with Crippen molar-refractivity contribution in [1.82, 2.24) is 4.90 Å². The molecule has 0 radical (unpaired) electrons. The zero-order chi connectivity index (χ0) is 13.5. The number of anilines is 1. The fourth-order valence-corrected chi connectivity index (χ4v) is 2.53. The van der Waals surface area contributed by atoms with Crippen molar-refractivity contribution in [2.24, 2.45) is 0 Å². The second-order valence-electron chi connectivity index (χ2n) is 4.57. The van der Waals surface area contributed by atoms with Crippen LogP contribution in [0.2, 0.25) is 0 Å². The van der Waals surface area contributed by atoms with Crippen molar-refractivity contribution in [3.63, 3.8) is 0 Å². The van der Waals surface area contributed by atoms with Crippen LogP contribution < -0.4 is 4.90 Å². The average Bonchev–Trinajstić information content (AvgIpc) is 2.35. The van der Waals surface area contributed by atoms with E-state index in [9.17, 15) is 4.79 Å². The maximum Gasteiger partial charge on any atom is 0.150 e. The lowest BCUT2D eigenvalue weighted by atomic mass is 10.2. The van der Waals surface area contributed by atoms with Gasteiger partial charge in [0.1, 0.15) is 6.29 Å². The molecule has 100 valence electrons. The predicted octanol–water partition coefficient (Wildman–Crippen LogP) is 3.04. The molecule has 1 aromatic carbocycles. The fourth-order valence-electron chi connectivity index (χ4n) is 1.88. The summed E-state index contributed by atoms with van der Waals surface area (Å²) in [5.41, 5.74) is 1.86. The molecule has 0 aliphatic heterocycles. The van der Waals surface area contributed by atoms with Crippen molar-refractivity contribution in [3.8, 4) is 0 Å². The van der Waals surface area contributed by atoms with Crippen LogP contribution >= 0.6 is 15.9 Å². The van der Waals surface area contributed by atoms with Crippen LogP contribution in [0.1, 0.15) is 23.7 Å². The number of hydrogen-bond donors (Lipinski definition) is 0. The van der Waals surface area contributed by atoms with Gasteiger partial charge in [0.25, 0.3) is 0 Å². The number of nitrogens with zero attached hydrogens (tertiary/aromatic N) is 2. The van der Waals surface area contributed by atoms with E-state index in [4.69, 9.17) is 0 Å². The van der Waals surface area contributed by atoms with E-state index < -0.39 is 0 Å². The first-order chi connectivity index (χ1) is 8.58. The lowest BCUT2D eigenvalue weighted by molar-refractivity contribution is 0.112. The van der Waals surface area contributed by atoms with Gasteiger partial charge in [0, 0.05) is 23.1 Å². The molecule has 0 saturated carbocycles. The average molecular weight is 313 g/mol. The van der Waals surface area contributed by atoms with Gasteiger partial charge in [-0.2, -0.15) is 0 Å². The monoisotopic (exact) mass is 312 g/mol. The van der Waals surface area contributed by atoms with Gasteiger partial charge in [0.05, 0.1) is 5.69 Å². The summed E-state index contributed by atoms with van der Waals surface area (Å²) in [5, 5.41) is 0. The minimum Gasteiger partial charge on any atom is -0.371 e. The van der Waals surface area contributed by atoms with E-state index in [1.807, 2.05) is 18.2 Å². The van der Waals surface area contributed by atoms with Gasteiger partial charge in [-0.1, -0.05) is 0 Å². The van der Waals surface area contributed by atoms with Crippen LogP contribution in [0.5, 0.6) is 0 Å². The van der Waals surface area contributed by atoms with Crippen molar-refractivity contribution >= 4 is 27.9 Å². The molecule has 0 atom stereocenters. The van der Waals surface area contributed by atoms with Crippen LogP contribution in [0.3, 0.4) is 0 Å². The number of hydrogen-bond acceptors (Lipinski definition) is 3. The molecule has 0 unspecified atom stereocenters. The number of carbonyl (C=O) groups is 1. The summed E-state index contributed by atoms with van der Waals surface area (Å²) in [6.45, 7) is 5.22. The van der Waals surface area contributed by atoms with Crippen LogP contribution in [0.15, 0.2) is 22.7 Å². The highest BCUT2D eigenvalue weighted by Crippen LogP contribution is 2.27. The molecule has 0 aliphatic carbocycles. The summed E-state index contributed by atoms with van der Waals surface area (Å²) < 4.78 is 0.985. The van der Waals surface area contributed by atoms with Gasteiger partial charge in [0.15, 0.2) is 0 Å². The zero-order valence-electron chi connectivity index (χ0n) is 11.3. The Balaban J connectivity index is 2.72. The highest BCUT2D eigenvalue weighted by atomic mass is 79.9. The van der Waals surface area contributed by atoms with Gasteiger partial charge in [-0.25, -0.2) is 0 Å². The van der Waals surface area contributed by atoms with Gasteiger partial charge in [-0.05, 0) is 68.1 Å². The van der Waals surface area contributed by atoms with E-state index in [-0.39, 0.29) is 0 Å². The molecule has 0 amide bonds. The molecule has 1 aromatic rings. The van der Waals surface area contributed by atoms with Crippen LogP contribution in [-0.2, 0) is 0 Å². The maximum absolute atomic E-state index is 10.7. The first-order valence-electron chi connectivity index (χ1n) is 6.23. The topological polar surface area (TPSA) is 23.6 Å². The summed E-state index contributed by atoms with van der Waals surface area (Å²) in [7, 11) is 4.18. The number of aldehydes is 1. The molecule has 0 bridgehead atoms. The summed E-state index contributed by atoms with van der Waals surface area (Å²) >= 11 is 3.54. The third kappa shape index (κ3) is 4.42. The van der Waals surface area contributed by atoms with Crippen molar-refractivity contribution in [2.45, 2.75) is 13.3 Å². The fraction of sp³-hybridized carbons (Fsp3) is 0.500. The second-order valence-corrected chi connectivity index (χ2v) is 5.42. The molecule has 0 spiro atoms. The lowest BCUT2D eigenvalue weighted by Crippen LogP contribution is -2.27. The van der Waals surface area contributed by atoms with Gasteiger partial charge in [-0.15, -0.1) is 0 Å². The molecule has 18 heavy (non-hydrogen) atoms. The molecule has 0 aromatic heterocycles. The van der Waals surface area contributed by atoms with Crippen molar-refractivity contribution in [2.75, 3.05) is 38.6 Å². The summed E-state index contributed by atoms with van der Waals surface area (Å²) in [5.74, 6) is 0. The standard InChI is InChI=1S/C14H21BrN2O/c1-4-17(9-5-8-16(2)3)14-7-6-12(11-18)10-13(14)15/h6-7,10-11H,4-5,8-9H2,1-3H3. The highest BCUT2D eigenvalue weighted by Gasteiger charge is 2.08. The summed E-state index contributed by atoms with van der Waals surface area (Å²) in [6.07, 6.45) is 2.00. The first kappa shape index (κ1) is 15.2. The van der Waals surface area contributed by atoms with Gasteiger partial charge < -0.3 is 9.80 Å². The minimum atomic E-state index is 0.704. The van der Waals surface area contributed by atoms with E-state index in [1.165, 1.54) is 0 Å². The van der Waals surface area contributed by atoms with Crippen molar-refractivity contribution in [1.29, 1.82) is 0 Å². The van der Waals surface area contributed by atoms with Crippen LogP contribution in [0, 0.1) is 0 Å². The molecular formula is C14H21BrN2O. The molecular weight excluding hydrogens is 292 g/mol. The molecule has 0 heterocycles. The Hall–Kier alpha value is -0.870. The molecule has 1 rings (SSSR count). The number of benzene rings is 1. The van der Waals surface area contributed by atoms with Crippen LogP contribution in [0.25, 0.3) is 0 Å². The third-order valence-electron chi connectivity index (χ3n) is 2.86. The SMILES string of the molecule is CCN(CCCN(C)C)c1ccc(C=O)cc1Br. The van der Waals surface area contributed by atoms with Gasteiger partial charge in [0.2, 0.25) is 0 Å². The van der Waals surface area contributed by atoms with Gasteiger partial charge in [-0.3, -0.25) is 4.79 Å². The quantitative estimate of drug-likeness (QED) is 0.723. The predicted molar refractivity (Wildman–Crippen MR) is 80.6 cm³/mol.